The van der Waals surface area contributed by atoms with Crippen molar-refractivity contribution in [2.75, 3.05) is 0 Å². The van der Waals surface area contributed by atoms with Crippen LogP contribution in [0.15, 0.2) is 139 Å². The van der Waals surface area contributed by atoms with E-state index in [1.54, 1.807) is 22.3 Å². The molecule has 0 saturated heterocycles. The van der Waals surface area contributed by atoms with Crippen molar-refractivity contribution in [2.24, 2.45) is 5.92 Å². The van der Waals surface area contributed by atoms with E-state index < -0.39 is 17.4 Å². The van der Waals surface area contributed by atoms with Gasteiger partial charge in [0.1, 0.15) is 0 Å². The van der Waals surface area contributed by atoms with Gasteiger partial charge in [0, 0.05) is 0 Å². The molecule has 0 spiro atoms. The van der Waals surface area contributed by atoms with E-state index in [-0.39, 0.29) is 24.8 Å². The largest absolute Gasteiger partial charge is 0.147 e. The van der Waals surface area contributed by atoms with Gasteiger partial charge in [0.05, 0.1) is 0 Å². The van der Waals surface area contributed by atoms with Crippen LogP contribution in [0.1, 0.15) is 55.8 Å². The maximum Gasteiger partial charge on any atom is -0.147 e. The maximum absolute atomic E-state index is 3.81. The summed E-state index contributed by atoms with van der Waals surface area (Å²) in [5, 5.41) is 7.93. The Bertz CT molecular complexity index is 2740. The summed E-state index contributed by atoms with van der Waals surface area (Å²) in [5.41, 5.74) is 16.1. The molecule has 0 N–H and O–H groups in total. The molecule has 2 atom stereocenters. The molecule has 0 heterocycles. The van der Waals surface area contributed by atoms with E-state index in [4.69, 9.17) is 0 Å². The van der Waals surface area contributed by atoms with Gasteiger partial charge in [0.2, 0.25) is 0 Å². The van der Waals surface area contributed by atoms with E-state index in [9.17, 15) is 0 Å². The number of rotatable bonds is 5. The van der Waals surface area contributed by atoms with Crippen molar-refractivity contribution in [3.63, 3.8) is 0 Å². The Kier molecular flexibility index (Phi) is 9.73. The maximum atomic E-state index is 2.79. The van der Waals surface area contributed by atoms with Crippen LogP contribution in [-0.4, -0.2) is 6.88 Å². The molecule has 9 rings (SSSR count). The second-order valence-corrected chi connectivity index (χ2v) is 47.2. The van der Waals surface area contributed by atoms with Crippen LogP contribution < -0.4 is 0 Å². The predicted molar refractivity (Wildman–Crippen MR) is 238 cm³/mol. The first-order chi connectivity index (χ1) is 24.5. The van der Waals surface area contributed by atoms with Crippen LogP contribution in [-0.2, 0) is 17.4 Å². The Morgan fingerprint density at radius 1 is 0.509 bits per heavy atom. The summed E-state index contributed by atoms with van der Waals surface area (Å²) >= 11 is -3.81. The van der Waals surface area contributed by atoms with Gasteiger partial charge >= 0.3 is 307 Å². The Hall–Kier alpha value is -3.52. The van der Waals surface area contributed by atoms with Gasteiger partial charge in [-0.15, -0.1) is 24.8 Å². The van der Waals surface area contributed by atoms with Gasteiger partial charge in [-0.05, 0) is 0 Å². The zero-order valence-electron chi connectivity index (χ0n) is 31.5. The first-order valence-electron chi connectivity index (χ1n) is 18.6. The number of aryl methyl sites for hydroxylation is 1. The molecular formula is C49H48Cl2SiZr. The molecule has 7 aromatic carbocycles. The Morgan fingerprint density at radius 3 is 1.81 bits per heavy atom. The molecule has 0 radical (unpaired) electrons. The van der Waals surface area contributed by atoms with Crippen LogP contribution in [0, 0.1) is 12.8 Å². The molecular weight excluding hydrogens is 779 g/mol. The first-order valence-corrected chi connectivity index (χ1v) is 32.3. The van der Waals surface area contributed by atoms with Crippen molar-refractivity contribution in [3.8, 4) is 22.3 Å². The molecule has 0 bridgehead atoms. The molecule has 0 saturated carbocycles. The third-order valence-corrected chi connectivity index (χ3v) is 30.0. The number of hydrogen-bond donors (Lipinski definition) is 0. The molecule has 0 aliphatic heterocycles. The summed E-state index contributed by atoms with van der Waals surface area (Å²) < 4.78 is 6.51. The zero-order chi connectivity index (χ0) is 35.3. The standard InChI is InChI=1S/C26H21.C21H17.2CH3.2ClH.H2Si.Zr/c1-17(2)20-15-19-8-5-10-24(26(19)16-20)23-12-6-11-22-21-9-4-3-7-18(21)13-14-25(22)23;1-14-12-20-15(2)10-11-19(21(20)13-14)18-9-5-7-16-6-3-4-8-17(16)18;;;;;;/h3-17H,1-2H3;3-13H,1-2H3;2*1H3;2*1H;1H2;. The fourth-order valence-electron chi connectivity index (χ4n) is 10.4. The van der Waals surface area contributed by atoms with Crippen molar-refractivity contribution >= 4 is 76.2 Å². The molecule has 7 aromatic rings. The number of fused-ring (bicyclic) bond motifs is 6. The van der Waals surface area contributed by atoms with Gasteiger partial charge in [-0.1, -0.05) is 0 Å². The molecule has 0 nitrogen and oxygen atoms in total. The third kappa shape index (κ3) is 5.79. The van der Waals surface area contributed by atoms with Crippen LogP contribution in [0.4, 0.5) is 0 Å². The minimum Gasteiger partial charge on any atom is -0.147 e. The van der Waals surface area contributed by atoms with Crippen LogP contribution in [0.3, 0.4) is 0 Å². The Labute approximate surface area is 329 Å². The van der Waals surface area contributed by atoms with Crippen molar-refractivity contribution in [2.45, 2.75) is 44.2 Å². The topological polar surface area (TPSA) is 0 Å². The fraction of sp³-hybridized carbons (Fsp3) is 0.184. The van der Waals surface area contributed by atoms with E-state index >= 15 is 0 Å². The van der Waals surface area contributed by atoms with E-state index in [2.05, 4.69) is 183 Å². The van der Waals surface area contributed by atoms with E-state index in [1.807, 2.05) is 0 Å². The first kappa shape index (κ1) is 37.8. The van der Waals surface area contributed by atoms with Crippen LogP contribution in [0.5, 0.6) is 0 Å². The monoisotopic (exact) mass is 824 g/mol. The van der Waals surface area contributed by atoms with Crippen molar-refractivity contribution in [1.82, 2.24) is 0 Å². The molecule has 0 fully saturated rings. The minimum atomic E-state index is -3.81. The molecule has 0 aromatic heterocycles. The summed E-state index contributed by atoms with van der Waals surface area (Å²) in [6.07, 6.45) is 5.20. The summed E-state index contributed by atoms with van der Waals surface area (Å²) in [4.78, 5) is 0. The number of hydrogen-bond acceptors (Lipinski definition) is 0. The number of benzene rings is 7. The van der Waals surface area contributed by atoms with Gasteiger partial charge in [-0.25, -0.2) is 0 Å². The smallest absolute Gasteiger partial charge is 0.147 e. The summed E-state index contributed by atoms with van der Waals surface area (Å²) in [6.45, 7) is 12.1. The van der Waals surface area contributed by atoms with Gasteiger partial charge in [0.25, 0.3) is 0 Å². The van der Waals surface area contributed by atoms with Gasteiger partial charge in [-0.3, -0.25) is 0 Å². The second kappa shape index (κ2) is 13.6. The fourth-order valence-corrected chi connectivity index (χ4v) is 31.0. The van der Waals surface area contributed by atoms with Gasteiger partial charge < -0.3 is 0 Å². The zero-order valence-corrected chi connectivity index (χ0v) is 37.0. The average Bonchev–Trinajstić information content (AvgIpc) is 3.72. The van der Waals surface area contributed by atoms with Gasteiger partial charge in [0.15, 0.2) is 0 Å². The predicted octanol–water partition coefficient (Wildman–Crippen LogP) is 14.2. The SMILES string of the molecule is CC1=Cc2c(-c3cccc4ccccc34)ccc(C)c2[CH]1[Zr]([CH3])([CH3])(=[SiH2])[CH]1C(C(C)C)=Cc2c(-c3cccc4c3ccc3ccccc34)cccc21.Cl.Cl. The van der Waals surface area contributed by atoms with Crippen molar-refractivity contribution in [1.29, 1.82) is 0 Å². The van der Waals surface area contributed by atoms with Crippen molar-refractivity contribution in [3.05, 3.63) is 166 Å². The quantitative estimate of drug-likeness (QED) is 0.120. The Morgan fingerprint density at radius 2 is 1.08 bits per heavy atom. The molecule has 2 aliphatic carbocycles. The van der Waals surface area contributed by atoms with E-state index in [0.717, 1.165) is 0 Å². The Balaban J connectivity index is 0.00000218. The third-order valence-electron chi connectivity index (χ3n) is 12.4. The van der Waals surface area contributed by atoms with E-state index in [1.165, 1.54) is 71.3 Å². The second-order valence-electron chi connectivity index (χ2n) is 16.8. The van der Waals surface area contributed by atoms with Crippen LogP contribution >= 0.6 is 24.8 Å². The van der Waals surface area contributed by atoms with Crippen molar-refractivity contribution < 1.29 is 17.4 Å². The molecule has 53 heavy (non-hydrogen) atoms. The summed E-state index contributed by atoms with van der Waals surface area (Å²) in [5.74, 6) is 0.470. The normalized spacial score (nSPS) is 16.6. The van der Waals surface area contributed by atoms with Gasteiger partial charge in [-0.2, -0.15) is 0 Å². The van der Waals surface area contributed by atoms with Crippen LogP contribution in [0.2, 0.25) is 9.26 Å². The summed E-state index contributed by atoms with van der Waals surface area (Å²) in [6, 6.07) is 48.0. The average molecular weight is 827 g/mol. The molecule has 4 heteroatoms. The number of halogens is 2. The molecule has 2 aliphatic rings. The molecule has 2 unspecified atom stereocenters. The molecule has 0 amide bonds. The summed E-state index contributed by atoms with van der Waals surface area (Å²) in [7, 11) is 0. The number of allylic oxidation sites excluding steroid dienone is 2. The van der Waals surface area contributed by atoms with E-state index in [0.29, 0.717) is 13.2 Å². The van der Waals surface area contributed by atoms with Crippen LogP contribution in [0.25, 0.3) is 66.7 Å². The molecule has 266 valence electrons. The minimum absolute atomic E-state index is 0.